The monoisotopic (exact) mass is 295 g/mol. The molecule has 2 rings (SSSR count). The molecular formula is C13H14BrNO2. The molecule has 1 aromatic rings. The molecule has 1 aliphatic heterocycles. The predicted octanol–water partition coefficient (Wildman–Crippen LogP) is 2.33. The molecule has 1 aliphatic rings. The number of halogens is 1. The van der Waals surface area contributed by atoms with Gasteiger partial charge in [-0.05, 0) is 33.6 Å². The molecule has 4 heteroatoms. The van der Waals surface area contributed by atoms with Crippen LogP contribution in [-0.2, 0) is 6.54 Å². The summed E-state index contributed by atoms with van der Waals surface area (Å²) >= 11 is 3.49. The fraction of sp³-hybridized carbons (Fsp3) is 0.385. The molecule has 1 aromatic carbocycles. The quantitative estimate of drug-likeness (QED) is 0.683. The number of ether oxygens (including phenoxy) is 2. The summed E-state index contributed by atoms with van der Waals surface area (Å²) in [5.41, 5.74) is 1.15. The zero-order chi connectivity index (χ0) is 12.1. The molecule has 0 saturated carbocycles. The minimum absolute atomic E-state index is 0.603. The third-order valence-electron chi connectivity index (χ3n) is 2.43. The van der Waals surface area contributed by atoms with Crippen molar-refractivity contribution >= 4 is 15.9 Å². The van der Waals surface area contributed by atoms with Gasteiger partial charge in [-0.1, -0.05) is 0 Å². The van der Waals surface area contributed by atoms with E-state index in [-0.39, 0.29) is 0 Å². The van der Waals surface area contributed by atoms with E-state index in [9.17, 15) is 0 Å². The summed E-state index contributed by atoms with van der Waals surface area (Å²) in [5, 5.41) is 3.28. The first-order valence-corrected chi connectivity index (χ1v) is 6.33. The van der Waals surface area contributed by atoms with Crippen LogP contribution in [0.25, 0.3) is 0 Å². The fourth-order valence-corrected chi connectivity index (χ4v) is 2.26. The molecule has 90 valence electrons. The molecule has 0 atom stereocenters. The summed E-state index contributed by atoms with van der Waals surface area (Å²) in [6, 6.07) is 4.04. The first kappa shape index (κ1) is 12.3. The van der Waals surface area contributed by atoms with Crippen LogP contribution >= 0.6 is 15.9 Å². The van der Waals surface area contributed by atoms with Crippen molar-refractivity contribution in [2.24, 2.45) is 0 Å². The minimum atomic E-state index is 0.603. The molecule has 1 N–H and O–H groups in total. The molecule has 0 aromatic heterocycles. The van der Waals surface area contributed by atoms with Crippen LogP contribution in [0.5, 0.6) is 11.5 Å². The van der Waals surface area contributed by atoms with Gasteiger partial charge in [0.15, 0.2) is 11.5 Å². The van der Waals surface area contributed by atoms with Crippen molar-refractivity contribution < 1.29 is 9.47 Å². The Morgan fingerprint density at radius 2 is 2.18 bits per heavy atom. The summed E-state index contributed by atoms with van der Waals surface area (Å²) in [6.07, 6.45) is 5.93. The number of benzene rings is 1. The first-order valence-electron chi connectivity index (χ1n) is 5.53. The van der Waals surface area contributed by atoms with Crippen molar-refractivity contribution in [2.75, 3.05) is 19.8 Å². The topological polar surface area (TPSA) is 30.5 Å². The lowest BCUT2D eigenvalue weighted by atomic mass is 10.2. The number of hydrogen-bond donors (Lipinski definition) is 1. The minimum Gasteiger partial charge on any atom is -0.486 e. The average molecular weight is 296 g/mol. The van der Waals surface area contributed by atoms with E-state index in [0.717, 1.165) is 41.0 Å². The van der Waals surface area contributed by atoms with Gasteiger partial charge in [0.25, 0.3) is 0 Å². The van der Waals surface area contributed by atoms with Crippen LogP contribution in [0.3, 0.4) is 0 Å². The Kier molecular flexibility index (Phi) is 4.29. The van der Waals surface area contributed by atoms with Gasteiger partial charge in [0.2, 0.25) is 0 Å². The lowest BCUT2D eigenvalue weighted by molar-refractivity contribution is 0.170. The van der Waals surface area contributed by atoms with Gasteiger partial charge in [0, 0.05) is 19.5 Å². The Labute approximate surface area is 110 Å². The van der Waals surface area contributed by atoms with Crippen LogP contribution < -0.4 is 14.8 Å². The molecule has 0 spiro atoms. The van der Waals surface area contributed by atoms with Gasteiger partial charge in [0.1, 0.15) is 13.2 Å². The third kappa shape index (κ3) is 3.15. The number of fused-ring (bicyclic) bond motifs is 1. The summed E-state index contributed by atoms with van der Waals surface area (Å²) in [6.45, 7) is 2.80. The average Bonchev–Trinajstić information content (AvgIpc) is 2.35. The van der Waals surface area contributed by atoms with Crippen LogP contribution in [-0.4, -0.2) is 19.8 Å². The highest BCUT2D eigenvalue weighted by Crippen LogP contribution is 2.38. The van der Waals surface area contributed by atoms with Crippen molar-refractivity contribution in [1.29, 1.82) is 0 Å². The van der Waals surface area contributed by atoms with Gasteiger partial charge in [0.05, 0.1) is 4.47 Å². The molecule has 0 radical (unpaired) electrons. The largest absolute Gasteiger partial charge is 0.486 e. The first-order chi connectivity index (χ1) is 8.31. The van der Waals surface area contributed by atoms with Gasteiger partial charge < -0.3 is 14.8 Å². The number of rotatable bonds is 4. The summed E-state index contributed by atoms with van der Waals surface area (Å²) in [5.74, 6) is 4.20. The number of hydrogen-bond acceptors (Lipinski definition) is 3. The highest BCUT2D eigenvalue weighted by atomic mass is 79.9. The van der Waals surface area contributed by atoms with Crippen LogP contribution in [0.2, 0.25) is 0 Å². The van der Waals surface area contributed by atoms with Crippen molar-refractivity contribution in [3.8, 4) is 23.8 Å². The van der Waals surface area contributed by atoms with Gasteiger partial charge in [-0.3, -0.25) is 0 Å². The van der Waals surface area contributed by atoms with E-state index in [0.29, 0.717) is 13.2 Å². The number of terminal acetylenes is 1. The maximum Gasteiger partial charge on any atom is 0.175 e. The van der Waals surface area contributed by atoms with E-state index >= 15 is 0 Å². The van der Waals surface area contributed by atoms with Gasteiger partial charge in [-0.25, -0.2) is 0 Å². The second kappa shape index (κ2) is 5.95. The van der Waals surface area contributed by atoms with Crippen LogP contribution in [0.1, 0.15) is 12.0 Å². The fourth-order valence-electron chi connectivity index (χ4n) is 1.66. The van der Waals surface area contributed by atoms with Gasteiger partial charge in [-0.15, -0.1) is 12.3 Å². The van der Waals surface area contributed by atoms with Crippen molar-refractivity contribution in [3.63, 3.8) is 0 Å². The maximum absolute atomic E-state index is 5.56. The zero-order valence-electron chi connectivity index (χ0n) is 9.46. The molecule has 0 saturated heterocycles. The molecule has 0 amide bonds. The summed E-state index contributed by atoms with van der Waals surface area (Å²) in [4.78, 5) is 0. The standard InChI is InChI=1S/C13H14BrNO2/c1-2-3-4-15-9-10-7-11(14)13-12(8-10)16-5-6-17-13/h1,7-8,15H,3-6,9H2. The smallest absolute Gasteiger partial charge is 0.175 e. The predicted molar refractivity (Wildman–Crippen MR) is 70.3 cm³/mol. The summed E-state index contributed by atoms with van der Waals surface area (Å²) < 4.78 is 12.0. The lowest BCUT2D eigenvalue weighted by Crippen LogP contribution is -2.17. The molecule has 0 bridgehead atoms. The second-order valence-electron chi connectivity index (χ2n) is 3.73. The molecule has 3 nitrogen and oxygen atoms in total. The van der Waals surface area contributed by atoms with Gasteiger partial charge in [-0.2, -0.15) is 0 Å². The van der Waals surface area contributed by atoms with Crippen molar-refractivity contribution in [2.45, 2.75) is 13.0 Å². The van der Waals surface area contributed by atoms with Crippen molar-refractivity contribution in [3.05, 3.63) is 22.2 Å². The molecular weight excluding hydrogens is 282 g/mol. The molecule has 0 fully saturated rings. The zero-order valence-corrected chi connectivity index (χ0v) is 11.0. The Morgan fingerprint density at radius 3 is 3.00 bits per heavy atom. The summed E-state index contributed by atoms with van der Waals surface area (Å²) in [7, 11) is 0. The molecule has 1 heterocycles. The van der Waals surface area contributed by atoms with Crippen LogP contribution in [0, 0.1) is 12.3 Å². The Balaban J connectivity index is 2.04. The highest BCUT2D eigenvalue weighted by molar-refractivity contribution is 9.10. The van der Waals surface area contributed by atoms with E-state index in [4.69, 9.17) is 15.9 Å². The Morgan fingerprint density at radius 1 is 1.35 bits per heavy atom. The van der Waals surface area contributed by atoms with Crippen molar-refractivity contribution in [1.82, 2.24) is 5.32 Å². The molecule has 17 heavy (non-hydrogen) atoms. The highest BCUT2D eigenvalue weighted by Gasteiger charge is 2.15. The van der Waals surface area contributed by atoms with Crippen LogP contribution in [0.15, 0.2) is 16.6 Å². The maximum atomic E-state index is 5.56. The lowest BCUT2D eigenvalue weighted by Gasteiger charge is -2.20. The van der Waals surface area contributed by atoms with E-state index < -0.39 is 0 Å². The second-order valence-corrected chi connectivity index (χ2v) is 4.59. The van der Waals surface area contributed by atoms with E-state index in [1.165, 1.54) is 0 Å². The van der Waals surface area contributed by atoms with Gasteiger partial charge >= 0.3 is 0 Å². The normalized spacial score (nSPS) is 13.2. The van der Waals surface area contributed by atoms with Crippen LogP contribution in [0.4, 0.5) is 0 Å². The number of nitrogens with one attached hydrogen (secondary N) is 1. The SMILES string of the molecule is C#CCCNCc1cc(Br)c2c(c1)OCCO2. The van der Waals surface area contributed by atoms with E-state index in [1.807, 2.05) is 12.1 Å². The molecule has 0 unspecified atom stereocenters. The molecule has 0 aliphatic carbocycles. The van der Waals surface area contributed by atoms with E-state index in [1.54, 1.807) is 0 Å². The Bertz CT molecular complexity index is 440. The van der Waals surface area contributed by atoms with E-state index in [2.05, 4.69) is 27.2 Å². The third-order valence-corrected chi connectivity index (χ3v) is 3.02. The Hall–Kier alpha value is -1.18.